The Morgan fingerprint density at radius 1 is 1.50 bits per heavy atom. The number of thiazole rings is 1. The molecule has 0 aromatic carbocycles. The third kappa shape index (κ3) is 1.38. The monoisotopic (exact) mass is 199 g/mol. The lowest BCUT2D eigenvalue weighted by Gasteiger charge is -1.86. The molecule has 0 N–H and O–H groups in total. The van der Waals surface area contributed by atoms with Crippen LogP contribution in [-0.4, -0.2) is 4.98 Å². The molecule has 4 heteroatoms. The van der Waals surface area contributed by atoms with Crippen molar-refractivity contribution in [2.75, 3.05) is 0 Å². The van der Waals surface area contributed by atoms with E-state index in [1.807, 2.05) is 24.4 Å². The zero-order valence-corrected chi connectivity index (χ0v) is 7.95. The van der Waals surface area contributed by atoms with E-state index in [9.17, 15) is 0 Å². The molecule has 12 heavy (non-hydrogen) atoms. The van der Waals surface area contributed by atoms with Crippen molar-refractivity contribution < 1.29 is 4.42 Å². The third-order valence-corrected chi connectivity index (χ3v) is 2.45. The van der Waals surface area contributed by atoms with E-state index in [-0.39, 0.29) is 0 Å². The summed E-state index contributed by atoms with van der Waals surface area (Å²) in [6.07, 6.45) is 0. The lowest BCUT2D eigenvalue weighted by atomic mass is 10.4. The van der Waals surface area contributed by atoms with Crippen LogP contribution in [-0.2, 0) is 0 Å². The largest absolute Gasteiger partial charge is 0.460 e. The van der Waals surface area contributed by atoms with Crippen LogP contribution in [0.25, 0.3) is 11.5 Å². The van der Waals surface area contributed by atoms with Gasteiger partial charge in [0, 0.05) is 5.38 Å². The van der Waals surface area contributed by atoms with Crippen molar-refractivity contribution >= 4 is 22.9 Å². The van der Waals surface area contributed by atoms with Gasteiger partial charge in [0.05, 0.1) is 0 Å². The molecule has 0 amide bonds. The lowest BCUT2D eigenvalue weighted by molar-refractivity contribution is 0.547. The molecule has 0 aliphatic heterocycles. The number of hydrogen-bond donors (Lipinski definition) is 0. The highest BCUT2D eigenvalue weighted by molar-refractivity contribution is 7.14. The van der Waals surface area contributed by atoms with Crippen LogP contribution in [0.4, 0.5) is 0 Å². The van der Waals surface area contributed by atoms with E-state index in [2.05, 4.69) is 4.98 Å². The van der Waals surface area contributed by atoms with Crippen molar-refractivity contribution in [1.29, 1.82) is 0 Å². The summed E-state index contributed by atoms with van der Waals surface area (Å²) in [4.78, 5) is 4.08. The summed E-state index contributed by atoms with van der Waals surface area (Å²) in [5.74, 6) is 1.66. The first-order valence-electron chi connectivity index (χ1n) is 3.43. The van der Waals surface area contributed by atoms with Crippen molar-refractivity contribution in [3.8, 4) is 11.5 Å². The molecule has 62 valence electrons. The fourth-order valence-corrected chi connectivity index (χ4v) is 1.69. The van der Waals surface area contributed by atoms with Crippen molar-refractivity contribution in [2.45, 2.75) is 6.92 Å². The fraction of sp³-hybridized carbons (Fsp3) is 0.125. The van der Waals surface area contributed by atoms with Crippen LogP contribution < -0.4 is 0 Å². The van der Waals surface area contributed by atoms with Gasteiger partial charge in [0.1, 0.15) is 11.5 Å². The fourth-order valence-electron chi connectivity index (χ4n) is 0.937. The van der Waals surface area contributed by atoms with Crippen molar-refractivity contribution in [3.05, 3.63) is 27.7 Å². The SMILES string of the molecule is Cc1ccc(-c2csc(Cl)n2)o1. The van der Waals surface area contributed by atoms with E-state index in [0.29, 0.717) is 4.47 Å². The molecule has 0 unspecified atom stereocenters. The molecule has 0 atom stereocenters. The molecule has 0 aliphatic rings. The van der Waals surface area contributed by atoms with E-state index < -0.39 is 0 Å². The number of nitrogens with zero attached hydrogens (tertiary/aromatic N) is 1. The Balaban J connectivity index is 2.43. The van der Waals surface area contributed by atoms with Crippen LogP contribution in [0.3, 0.4) is 0 Å². The summed E-state index contributed by atoms with van der Waals surface area (Å²) in [6.45, 7) is 1.90. The van der Waals surface area contributed by atoms with Gasteiger partial charge in [-0.2, -0.15) is 0 Å². The number of aryl methyl sites for hydroxylation is 1. The van der Waals surface area contributed by atoms with Gasteiger partial charge < -0.3 is 4.42 Å². The first-order valence-corrected chi connectivity index (χ1v) is 4.69. The number of hydrogen-bond acceptors (Lipinski definition) is 3. The predicted molar refractivity (Wildman–Crippen MR) is 49.6 cm³/mol. The van der Waals surface area contributed by atoms with Gasteiger partial charge in [-0.15, -0.1) is 11.3 Å². The van der Waals surface area contributed by atoms with Gasteiger partial charge in [0.2, 0.25) is 0 Å². The Morgan fingerprint density at radius 3 is 2.83 bits per heavy atom. The minimum absolute atomic E-state index is 0.541. The lowest BCUT2D eigenvalue weighted by Crippen LogP contribution is -1.70. The molecule has 0 radical (unpaired) electrons. The molecule has 0 saturated heterocycles. The third-order valence-electron chi connectivity index (χ3n) is 1.47. The molecule has 2 aromatic heterocycles. The van der Waals surface area contributed by atoms with E-state index in [4.69, 9.17) is 16.0 Å². The van der Waals surface area contributed by atoms with E-state index in [1.54, 1.807) is 0 Å². The van der Waals surface area contributed by atoms with E-state index in [1.165, 1.54) is 11.3 Å². The summed E-state index contributed by atoms with van der Waals surface area (Å²) >= 11 is 7.09. The zero-order valence-electron chi connectivity index (χ0n) is 6.37. The summed E-state index contributed by atoms with van der Waals surface area (Å²) in [5.41, 5.74) is 0.804. The molecule has 0 bridgehead atoms. The molecular formula is C8H6ClNOS. The summed E-state index contributed by atoms with van der Waals surface area (Å²) in [7, 11) is 0. The molecular weight excluding hydrogens is 194 g/mol. The summed E-state index contributed by atoms with van der Waals surface area (Å²) < 4.78 is 5.91. The smallest absolute Gasteiger partial charge is 0.184 e. The van der Waals surface area contributed by atoms with Gasteiger partial charge in [-0.05, 0) is 19.1 Å². The number of aromatic nitrogens is 1. The average molecular weight is 200 g/mol. The normalized spacial score (nSPS) is 10.5. The predicted octanol–water partition coefficient (Wildman–Crippen LogP) is 3.36. The van der Waals surface area contributed by atoms with Crippen LogP contribution in [0, 0.1) is 6.92 Å². The molecule has 2 heterocycles. The highest BCUT2D eigenvalue weighted by Gasteiger charge is 2.05. The standard InChI is InChI=1S/C8H6ClNOS/c1-5-2-3-7(11-5)6-4-12-8(9)10-6/h2-4H,1H3. The minimum Gasteiger partial charge on any atom is -0.460 e. The Bertz CT molecular complexity index is 355. The van der Waals surface area contributed by atoms with E-state index in [0.717, 1.165) is 17.2 Å². The second-order valence-electron chi connectivity index (χ2n) is 2.40. The summed E-state index contributed by atoms with van der Waals surface area (Å²) in [6, 6.07) is 3.79. The van der Waals surface area contributed by atoms with Crippen LogP contribution in [0.15, 0.2) is 21.9 Å². The van der Waals surface area contributed by atoms with E-state index >= 15 is 0 Å². The molecule has 2 rings (SSSR count). The van der Waals surface area contributed by atoms with Gasteiger partial charge in [-0.3, -0.25) is 0 Å². The number of halogens is 1. The second-order valence-corrected chi connectivity index (χ2v) is 3.84. The van der Waals surface area contributed by atoms with Crippen LogP contribution in [0.2, 0.25) is 4.47 Å². The Kier molecular flexibility index (Phi) is 1.90. The molecule has 0 fully saturated rings. The van der Waals surface area contributed by atoms with Gasteiger partial charge in [-0.1, -0.05) is 11.6 Å². The maximum atomic E-state index is 5.68. The molecule has 2 nitrogen and oxygen atoms in total. The number of rotatable bonds is 1. The van der Waals surface area contributed by atoms with Crippen LogP contribution in [0.1, 0.15) is 5.76 Å². The first-order chi connectivity index (χ1) is 5.75. The quantitative estimate of drug-likeness (QED) is 0.704. The second kappa shape index (κ2) is 2.92. The zero-order chi connectivity index (χ0) is 8.55. The molecule has 0 spiro atoms. The summed E-state index contributed by atoms with van der Waals surface area (Å²) in [5, 5.41) is 1.88. The Hall–Kier alpha value is -0.800. The number of furan rings is 1. The van der Waals surface area contributed by atoms with Crippen LogP contribution >= 0.6 is 22.9 Å². The maximum Gasteiger partial charge on any atom is 0.184 e. The van der Waals surface area contributed by atoms with Gasteiger partial charge in [0.25, 0.3) is 0 Å². The first kappa shape index (κ1) is 7.83. The molecule has 2 aromatic rings. The minimum atomic E-state index is 0.541. The topological polar surface area (TPSA) is 26.0 Å². The van der Waals surface area contributed by atoms with Crippen molar-refractivity contribution in [3.63, 3.8) is 0 Å². The highest BCUT2D eigenvalue weighted by atomic mass is 35.5. The molecule has 0 saturated carbocycles. The molecule has 0 aliphatic carbocycles. The van der Waals surface area contributed by atoms with Gasteiger partial charge >= 0.3 is 0 Å². The van der Waals surface area contributed by atoms with Crippen molar-refractivity contribution in [2.24, 2.45) is 0 Å². The highest BCUT2D eigenvalue weighted by Crippen LogP contribution is 2.25. The van der Waals surface area contributed by atoms with Gasteiger partial charge in [-0.25, -0.2) is 4.98 Å². The average Bonchev–Trinajstić information content (AvgIpc) is 2.58. The van der Waals surface area contributed by atoms with Gasteiger partial charge in [0.15, 0.2) is 10.2 Å². The Morgan fingerprint density at radius 2 is 2.33 bits per heavy atom. The maximum absolute atomic E-state index is 5.68. The Labute approximate surface area is 78.8 Å². The van der Waals surface area contributed by atoms with Crippen molar-refractivity contribution in [1.82, 2.24) is 4.98 Å². The van der Waals surface area contributed by atoms with Crippen LogP contribution in [0.5, 0.6) is 0 Å².